The average Bonchev–Trinajstić information content (AvgIpc) is 2.72. The van der Waals surface area contributed by atoms with Crippen LogP contribution in [0.4, 0.5) is 0 Å². The number of ether oxygens (including phenoxy) is 2. The number of halogens is 2. The quantitative estimate of drug-likeness (QED) is 0.221. The van der Waals surface area contributed by atoms with Crippen molar-refractivity contribution >= 4 is 41.3 Å². The lowest BCUT2D eigenvalue weighted by Crippen LogP contribution is -2.47. The van der Waals surface area contributed by atoms with Gasteiger partial charge >= 0.3 is 5.97 Å². The van der Waals surface area contributed by atoms with Gasteiger partial charge in [0, 0.05) is 17.0 Å². The number of benzene rings is 2. The van der Waals surface area contributed by atoms with E-state index in [0.717, 1.165) is 22.4 Å². The summed E-state index contributed by atoms with van der Waals surface area (Å²) in [4.78, 5) is 13.3. The number of hydrogen-bond donors (Lipinski definition) is 2. The van der Waals surface area contributed by atoms with E-state index in [1.54, 1.807) is 13.0 Å². The van der Waals surface area contributed by atoms with Crippen LogP contribution in [-0.4, -0.2) is 23.7 Å². The van der Waals surface area contributed by atoms with Gasteiger partial charge in [-0.3, -0.25) is 0 Å². The molecule has 0 amide bonds. The second-order valence-corrected chi connectivity index (χ2v) is 8.95. The molecular formula is C23H26Cl2N4O3. The summed E-state index contributed by atoms with van der Waals surface area (Å²) >= 11 is 12.4. The predicted octanol–water partition coefficient (Wildman–Crippen LogP) is 4.52. The number of esters is 1. The van der Waals surface area contributed by atoms with Crippen molar-refractivity contribution in [3.63, 3.8) is 0 Å². The van der Waals surface area contributed by atoms with Gasteiger partial charge in [0.1, 0.15) is 5.75 Å². The molecule has 0 spiro atoms. The third-order valence-electron chi connectivity index (χ3n) is 5.97. The number of nitrogens with zero attached hydrogens (tertiary/aromatic N) is 2. The van der Waals surface area contributed by atoms with Crippen molar-refractivity contribution in [3.05, 3.63) is 55.6 Å². The van der Waals surface area contributed by atoms with E-state index in [4.69, 9.17) is 44.1 Å². The fourth-order valence-electron chi connectivity index (χ4n) is 3.72. The zero-order valence-electron chi connectivity index (χ0n) is 18.7. The zero-order chi connectivity index (χ0) is 23.8. The highest BCUT2D eigenvalue weighted by molar-refractivity contribution is 6.36. The van der Waals surface area contributed by atoms with E-state index in [-0.39, 0.29) is 16.7 Å². The van der Waals surface area contributed by atoms with Crippen LogP contribution < -0.4 is 20.9 Å². The lowest BCUT2D eigenvalue weighted by molar-refractivity contribution is -0.152. The SMILES string of the molecule is Cc1c(C)c(C)c2c(c1C)CCC(C)(C(=O)Oc1c(Cl)cc(Cl)cc1C=NN=C(N)N)O2. The zero-order valence-corrected chi connectivity index (χ0v) is 20.2. The molecular weight excluding hydrogens is 451 g/mol. The van der Waals surface area contributed by atoms with E-state index in [1.807, 2.05) is 6.92 Å². The summed E-state index contributed by atoms with van der Waals surface area (Å²) in [6.07, 6.45) is 2.46. The van der Waals surface area contributed by atoms with Crippen molar-refractivity contribution in [2.24, 2.45) is 21.7 Å². The van der Waals surface area contributed by atoms with Gasteiger partial charge in [-0.1, -0.05) is 23.2 Å². The molecule has 0 saturated heterocycles. The van der Waals surface area contributed by atoms with Gasteiger partial charge in [0.2, 0.25) is 11.6 Å². The first-order chi connectivity index (χ1) is 14.9. The number of rotatable bonds is 4. The Morgan fingerprint density at radius 3 is 2.44 bits per heavy atom. The van der Waals surface area contributed by atoms with Gasteiger partial charge in [0.25, 0.3) is 0 Å². The second kappa shape index (κ2) is 9.00. The van der Waals surface area contributed by atoms with Crippen molar-refractivity contribution in [3.8, 4) is 11.5 Å². The minimum absolute atomic E-state index is 0.0965. The molecule has 0 bridgehead atoms. The van der Waals surface area contributed by atoms with E-state index in [0.29, 0.717) is 23.4 Å². The first kappa shape index (κ1) is 23.9. The van der Waals surface area contributed by atoms with Crippen LogP contribution in [0.2, 0.25) is 10.0 Å². The fourth-order valence-corrected chi connectivity index (χ4v) is 4.27. The van der Waals surface area contributed by atoms with Crippen LogP contribution in [0.1, 0.15) is 46.7 Å². The van der Waals surface area contributed by atoms with E-state index in [9.17, 15) is 4.79 Å². The Hall–Kier alpha value is -2.77. The molecule has 7 nitrogen and oxygen atoms in total. The molecule has 0 radical (unpaired) electrons. The smallest absolute Gasteiger partial charge is 0.355 e. The summed E-state index contributed by atoms with van der Waals surface area (Å²) < 4.78 is 12.0. The maximum Gasteiger partial charge on any atom is 0.355 e. The van der Waals surface area contributed by atoms with Crippen LogP contribution in [0.25, 0.3) is 0 Å². The molecule has 3 rings (SSSR count). The van der Waals surface area contributed by atoms with Crippen molar-refractivity contribution < 1.29 is 14.3 Å². The molecule has 0 aliphatic carbocycles. The molecule has 0 saturated carbocycles. The average molecular weight is 477 g/mol. The van der Waals surface area contributed by atoms with E-state index in [2.05, 4.69) is 31.0 Å². The van der Waals surface area contributed by atoms with Crippen molar-refractivity contribution in [2.45, 2.75) is 53.1 Å². The summed E-state index contributed by atoms with van der Waals surface area (Å²) in [5.74, 6) is 0.0531. The molecule has 170 valence electrons. The molecule has 0 fully saturated rings. The van der Waals surface area contributed by atoms with Gasteiger partial charge in [0.05, 0.1) is 11.2 Å². The van der Waals surface area contributed by atoms with Crippen molar-refractivity contribution in [2.75, 3.05) is 0 Å². The molecule has 2 aromatic rings. The number of carbonyl (C=O) groups is 1. The molecule has 9 heteroatoms. The van der Waals surface area contributed by atoms with Crippen LogP contribution in [0.15, 0.2) is 22.3 Å². The topological polar surface area (TPSA) is 112 Å². The molecule has 1 aliphatic heterocycles. The first-order valence-corrected chi connectivity index (χ1v) is 10.8. The molecule has 2 aromatic carbocycles. The summed E-state index contributed by atoms with van der Waals surface area (Å²) in [5, 5.41) is 7.80. The molecule has 4 N–H and O–H groups in total. The maximum atomic E-state index is 13.3. The van der Waals surface area contributed by atoms with E-state index >= 15 is 0 Å². The molecule has 0 aromatic heterocycles. The highest BCUT2D eigenvalue weighted by atomic mass is 35.5. The second-order valence-electron chi connectivity index (χ2n) is 8.11. The number of nitrogens with two attached hydrogens (primary N) is 2. The molecule has 1 atom stereocenters. The van der Waals surface area contributed by atoms with Crippen molar-refractivity contribution in [1.29, 1.82) is 0 Å². The standard InChI is InChI=1S/C23H26Cl2N4O3/c1-11-12(2)14(4)19-17(13(11)3)6-7-23(5,32-19)21(30)31-20-15(10-28-29-22(26)27)8-16(24)9-18(20)25/h8-10H,6-7H2,1-5H3,(H4,26,27,29). The third kappa shape index (κ3) is 4.54. The predicted molar refractivity (Wildman–Crippen MR) is 128 cm³/mol. The molecule has 1 unspecified atom stereocenters. The summed E-state index contributed by atoms with van der Waals surface area (Å²) in [7, 11) is 0. The fraction of sp³-hybridized carbons (Fsp3) is 0.348. The highest BCUT2D eigenvalue weighted by Gasteiger charge is 2.42. The van der Waals surface area contributed by atoms with Crippen LogP contribution >= 0.6 is 23.2 Å². The summed E-state index contributed by atoms with van der Waals surface area (Å²) in [5.41, 5.74) is 15.5. The van der Waals surface area contributed by atoms with E-state index in [1.165, 1.54) is 23.4 Å². The monoisotopic (exact) mass is 476 g/mol. The Morgan fingerprint density at radius 2 is 1.78 bits per heavy atom. The third-order valence-corrected chi connectivity index (χ3v) is 6.47. The molecule has 1 aliphatic rings. The molecule has 1 heterocycles. The van der Waals surface area contributed by atoms with Gasteiger partial charge in [-0.25, -0.2) is 4.79 Å². The van der Waals surface area contributed by atoms with Gasteiger partial charge in [-0.2, -0.15) is 5.10 Å². The lowest BCUT2D eigenvalue weighted by Gasteiger charge is -2.36. The minimum Gasteiger partial charge on any atom is -0.475 e. The normalized spacial score (nSPS) is 17.6. The Labute approximate surface area is 197 Å². The van der Waals surface area contributed by atoms with Crippen molar-refractivity contribution in [1.82, 2.24) is 0 Å². The Kier molecular flexibility index (Phi) is 6.72. The number of fused-ring (bicyclic) bond motifs is 1. The van der Waals surface area contributed by atoms with Gasteiger partial charge < -0.3 is 20.9 Å². The maximum absolute atomic E-state index is 13.3. The van der Waals surface area contributed by atoms with Crippen LogP contribution in [0.5, 0.6) is 11.5 Å². The van der Waals surface area contributed by atoms with Crippen LogP contribution in [0, 0.1) is 27.7 Å². The number of guanidine groups is 1. The van der Waals surface area contributed by atoms with Gasteiger partial charge in [-0.05, 0) is 81.0 Å². The highest BCUT2D eigenvalue weighted by Crippen LogP contribution is 2.42. The minimum atomic E-state index is -1.19. The van der Waals surface area contributed by atoms with E-state index < -0.39 is 11.6 Å². The van der Waals surface area contributed by atoms with Crippen LogP contribution in [0.3, 0.4) is 0 Å². The van der Waals surface area contributed by atoms with Gasteiger partial charge in [-0.15, -0.1) is 5.10 Å². The van der Waals surface area contributed by atoms with Crippen LogP contribution in [-0.2, 0) is 11.2 Å². The number of hydrogen-bond acceptors (Lipinski definition) is 5. The Morgan fingerprint density at radius 1 is 1.12 bits per heavy atom. The van der Waals surface area contributed by atoms with Gasteiger partial charge in [0.15, 0.2) is 5.75 Å². The summed E-state index contributed by atoms with van der Waals surface area (Å²) in [6, 6.07) is 3.02. The Bertz CT molecular complexity index is 1160. The Balaban J connectivity index is 1.95. The number of carbonyl (C=O) groups excluding carboxylic acids is 1. The largest absolute Gasteiger partial charge is 0.475 e. The summed E-state index contributed by atoms with van der Waals surface area (Å²) in [6.45, 7) is 9.97. The first-order valence-electron chi connectivity index (χ1n) is 10.1. The lowest BCUT2D eigenvalue weighted by atomic mass is 9.85. The molecule has 32 heavy (non-hydrogen) atoms.